The fourth-order valence-corrected chi connectivity index (χ4v) is 17.7. The summed E-state index contributed by atoms with van der Waals surface area (Å²) in [5, 5.41) is 0. The van der Waals surface area contributed by atoms with Crippen LogP contribution < -0.4 is 6.54 Å². The molecule has 0 aliphatic heterocycles. The Bertz CT molecular complexity index is 1420. The molecule has 0 radical (unpaired) electrons. The van der Waals surface area contributed by atoms with E-state index in [0.29, 0.717) is 0 Å². The van der Waals surface area contributed by atoms with E-state index in [1.54, 1.807) is 0 Å². The van der Waals surface area contributed by atoms with Crippen LogP contribution in [0.4, 0.5) is 0 Å². The molecule has 2 aliphatic rings. The molecule has 2 aliphatic carbocycles. The van der Waals surface area contributed by atoms with Crippen LogP contribution in [0.5, 0.6) is 0 Å². The van der Waals surface area contributed by atoms with Crippen molar-refractivity contribution in [3.8, 4) is 11.1 Å². The van der Waals surface area contributed by atoms with Crippen LogP contribution in [0.15, 0.2) is 89.3 Å². The molecule has 174 valence electrons. The summed E-state index contributed by atoms with van der Waals surface area (Å²) in [6.45, 7) is 10.3. The molecule has 3 heteroatoms. The van der Waals surface area contributed by atoms with E-state index >= 15 is 0 Å². The molecule has 34 heavy (non-hydrogen) atoms. The van der Waals surface area contributed by atoms with Gasteiger partial charge in [-0.15, -0.1) is 24.8 Å². The predicted octanol–water partition coefficient (Wildman–Crippen LogP) is 7.66. The predicted molar refractivity (Wildman–Crippen MR) is 155 cm³/mol. The Kier molecular flexibility index (Phi) is 7.45. The van der Waals surface area contributed by atoms with Gasteiger partial charge in [0.05, 0.1) is 0 Å². The molecule has 0 saturated carbocycles. The molecule has 0 saturated heterocycles. The molecule has 0 fully saturated rings. The topological polar surface area (TPSA) is 0 Å². The molecule has 0 N–H and O–H groups in total. The number of allylic oxidation sites excluding steroid dienone is 4. The summed E-state index contributed by atoms with van der Waals surface area (Å²) in [6, 6.07) is 20.7. The Morgan fingerprint density at radius 3 is 2.15 bits per heavy atom. The third-order valence-electron chi connectivity index (χ3n) is 7.74. The van der Waals surface area contributed by atoms with E-state index in [1.165, 1.54) is 48.8 Å². The summed E-state index contributed by atoms with van der Waals surface area (Å²) in [6.07, 6.45) is 12.7. The molecule has 0 atom stereocenters. The van der Waals surface area contributed by atoms with Crippen LogP contribution in [0.25, 0.3) is 23.3 Å². The van der Waals surface area contributed by atoms with Crippen LogP contribution in [-0.2, 0) is 24.7 Å². The number of hydrogen-bond donors (Lipinski definition) is 0. The molecule has 5 rings (SSSR count). The number of halogens is 2. The molecule has 0 bridgehead atoms. The molecular formula is C31H32Cl2Zr. The van der Waals surface area contributed by atoms with Gasteiger partial charge in [-0.1, -0.05) is 0 Å². The normalized spacial score (nSPS) is 13.8. The minimum atomic E-state index is -4.07. The zero-order valence-corrected chi connectivity index (χ0v) is 24.0. The van der Waals surface area contributed by atoms with Gasteiger partial charge in [0.15, 0.2) is 0 Å². The van der Waals surface area contributed by atoms with Crippen LogP contribution in [0, 0.1) is 6.92 Å². The minimum Gasteiger partial charge on any atom is -0.147 e. The van der Waals surface area contributed by atoms with Gasteiger partial charge < -0.3 is 0 Å². The summed E-state index contributed by atoms with van der Waals surface area (Å²) < 4.78 is 12.2. The Balaban J connectivity index is 0.00000162. The van der Waals surface area contributed by atoms with Gasteiger partial charge in [0, 0.05) is 0 Å². The van der Waals surface area contributed by atoms with Gasteiger partial charge in [-0.25, -0.2) is 0 Å². The van der Waals surface area contributed by atoms with Crippen molar-refractivity contribution in [2.45, 2.75) is 24.4 Å². The third kappa shape index (κ3) is 3.93. The molecule has 0 heterocycles. The van der Waals surface area contributed by atoms with E-state index in [0.717, 1.165) is 12.8 Å². The van der Waals surface area contributed by atoms with Gasteiger partial charge in [-0.2, -0.15) is 0 Å². The second-order valence-corrected chi connectivity index (χ2v) is 24.0. The van der Waals surface area contributed by atoms with Crippen LogP contribution in [0.3, 0.4) is 0 Å². The average molecular weight is 567 g/mol. The molecular weight excluding hydrogens is 534 g/mol. The van der Waals surface area contributed by atoms with Crippen LogP contribution >= 0.6 is 24.8 Å². The second kappa shape index (κ2) is 9.54. The van der Waals surface area contributed by atoms with Gasteiger partial charge in [0.1, 0.15) is 0 Å². The summed E-state index contributed by atoms with van der Waals surface area (Å²) in [4.78, 5) is 0. The first-order valence-corrected chi connectivity index (χ1v) is 19.3. The quantitative estimate of drug-likeness (QED) is 0.233. The second-order valence-electron chi connectivity index (χ2n) is 9.80. The maximum atomic E-state index is 5.25. The number of benzene rings is 3. The molecule has 3 aromatic carbocycles. The average Bonchev–Trinajstić information content (AvgIpc) is 3.47. The van der Waals surface area contributed by atoms with Crippen LogP contribution in [0.1, 0.15) is 34.2 Å². The van der Waals surface area contributed by atoms with E-state index in [4.69, 9.17) is 4.21 Å². The van der Waals surface area contributed by atoms with Crippen molar-refractivity contribution in [3.05, 3.63) is 117 Å². The van der Waals surface area contributed by atoms with E-state index in [-0.39, 0.29) is 24.8 Å². The fraction of sp³-hybridized carbons (Fsp3) is 0.129. The van der Waals surface area contributed by atoms with Crippen LogP contribution in [0.2, 0.25) is 4.63 Å². The van der Waals surface area contributed by atoms with Crippen molar-refractivity contribution in [3.63, 3.8) is 0 Å². The van der Waals surface area contributed by atoms with Crippen molar-refractivity contribution >= 4 is 47.7 Å². The van der Waals surface area contributed by atoms with Gasteiger partial charge in [0.25, 0.3) is 0 Å². The molecule has 0 unspecified atom stereocenters. The third-order valence-corrected chi connectivity index (χ3v) is 22.3. The van der Waals surface area contributed by atoms with E-state index in [2.05, 4.69) is 97.5 Å². The van der Waals surface area contributed by atoms with E-state index < -0.39 is 18.3 Å². The number of aryl methyl sites for hydroxylation is 1. The summed E-state index contributed by atoms with van der Waals surface area (Å²) in [5.74, 6) is 0. The Morgan fingerprint density at radius 1 is 0.853 bits per heavy atom. The number of rotatable bonds is 5. The minimum absolute atomic E-state index is 0. The standard InChI is InChI=1S/C17H13.C7H7.C5H5.CH3.CH2.2ClH.Zr/c1-3-12-5-7-14-11-15-8-6-13(4-2)10-17(15)16(14)9-12;1-7-5-3-2-4-6-7;1-2-4-5-3-1;;;;;/h3-7,9-10H,1-2,11H2;3-6H,1H3;1-3H,4H2;1H3;1H2;2*1H;. The molecule has 0 nitrogen and oxygen atoms in total. The zero-order valence-electron chi connectivity index (χ0n) is 19.9. The molecule has 0 amide bonds. The van der Waals surface area contributed by atoms with Crippen molar-refractivity contribution in [2.24, 2.45) is 0 Å². The van der Waals surface area contributed by atoms with Gasteiger partial charge in [-0.3, -0.25) is 0 Å². The number of hydrogen-bond acceptors (Lipinski definition) is 0. The van der Waals surface area contributed by atoms with Crippen LogP contribution in [-0.4, -0.2) is 4.21 Å². The Labute approximate surface area is 217 Å². The SMILES string of the molecule is C=Cc1ccc2c(c1)-c1cc(C=C)c[c]([Zr](=[CH2])([CH3])([C]3=CC=CC3)[c]3ccc(C)cc3)c1C2.Cl.Cl. The van der Waals surface area contributed by atoms with Gasteiger partial charge >= 0.3 is 194 Å². The largest absolute Gasteiger partial charge is 0.147 e. The Hall–Kier alpha value is -2.05. The summed E-state index contributed by atoms with van der Waals surface area (Å²) in [5.41, 5.74) is 9.18. The first-order valence-electron chi connectivity index (χ1n) is 11.4. The monoisotopic (exact) mass is 564 g/mol. The molecule has 0 spiro atoms. The summed E-state index contributed by atoms with van der Waals surface area (Å²) >= 11 is -4.07. The maximum Gasteiger partial charge on any atom is -0.147 e. The molecule has 3 aromatic rings. The first-order chi connectivity index (χ1) is 15.3. The van der Waals surface area contributed by atoms with Crippen molar-refractivity contribution < 1.29 is 18.3 Å². The van der Waals surface area contributed by atoms with E-state index in [1.807, 2.05) is 12.2 Å². The zero-order chi connectivity index (χ0) is 22.5. The van der Waals surface area contributed by atoms with Crippen molar-refractivity contribution in [1.29, 1.82) is 0 Å². The Morgan fingerprint density at radius 2 is 1.53 bits per heavy atom. The fourth-order valence-electron chi connectivity index (χ4n) is 5.63. The first kappa shape index (κ1) is 26.6. The maximum absolute atomic E-state index is 5.25. The van der Waals surface area contributed by atoms with Crippen molar-refractivity contribution in [1.82, 2.24) is 0 Å². The van der Waals surface area contributed by atoms with E-state index in [9.17, 15) is 0 Å². The van der Waals surface area contributed by atoms with Gasteiger partial charge in [-0.05, 0) is 0 Å². The molecule has 0 aromatic heterocycles. The van der Waals surface area contributed by atoms with Gasteiger partial charge in [0.2, 0.25) is 0 Å². The van der Waals surface area contributed by atoms with Crippen molar-refractivity contribution in [2.75, 3.05) is 0 Å². The number of fused-ring (bicyclic) bond motifs is 3. The smallest absolute Gasteiger partial charge is 0.147 e. The summed E-state index contributed by atoms with van der Waals surface area (Å²) in [7, 11) is 0.